The zero-order chi connectivity index (χ0) is 28.5. The van der Waals surface area contributed by atoms with Crippen molar-refractivity contribution in [1.29, 1.82) is 0 Å². The van der Waals surface area contributed by atoms with Gasteiger partial charge in [-0.2, -0.15) is 0 Å². The lowest BCUT2D eigenvalue weighted by molar-refractivity contribution is -0.134. The minimum absolute atomic E-state index is 0.0581. The number of unbranched alkanes of at least 4 members (excludes halogenated alkanes) is 11. The van der Waals surface area contributed by atoms with Crippen molar-refractivity contribution in [2.75, 3.05) is 13.2 Å². The normalized spacial score (nSPS) is 21.1. The fourth-order valence-electron chi connectivity index (χ4n) is 5.08. The molecule has 1 saturated heterocycles. The molecule has 1 fully saturated rings. The highest BCUT2D eigenvalue weighted by Crippen LogP contribution is 2.38. The molecule has 0 bridgehead atoms. The highest BCUT2D eigenvalue weighted by atomic mass is 16.6. The summed E-state index contributed by atoms with van der Waals surface area (Å²) in [6.07, 6.45) is 20.6. The van der Waals surface area contributed by atoms with Gasteiger partial charge in [-0.05, 0) is 45.4 Å². The van der Waals surface area contributed by atoms with E-state index in [0.717, 1.165) is 25.7 Å². The maximum atomic E-state index is 12.3. The average molecular weight is 550 g/mol. The van der Waals surface area contributed by atoms with Crippen LogP contribution in [0.4, 0.5) is 0 Å². The summed E-state index contributed by atoms with van der Waals surface area (Å²) >= 11 is 0. The number of ether oxygens (including phenoxy) is 1. The van der Waals surface area contributed by atoms with Crippen LogP contribution in [0.1, 0.15) is 121 Å². The number of amides is 1. The molecular weight excluding hydrogens is 498 g/mol. The molecule has 1 aromatic rings. The van der Waals surface area contributed by atoms with Gasteiger partial charge in [0.2, 0.25) is 5.91 Å². The molecule has 1 aliphatic heterocycles. The minimum atomic E-state index is -1.29. The van der Waals surface area contributed by atoms with Crippen LogP contribution in [0.25, 0.3) is 0 Å². The number of H-pyrrole nitrogens is 1. The molecule has 0 radical (unpaired) electrons. The largest absolute Gasteiger partial charge is 0.393 e. The van der Waals surface area contributed by atoms with Crippen molar-refractivity contribution in [2.24, 2.45) is 0 Å². The first-order chi connectivity index (χ1) is 18.8. The van der Waals surface area contributed by atoms with Crippen molar-refractivity contribution in [3.05, 3.63) is 44.8 Å². The number of nitrogens with zero attached hydrogens (tertiary/aromatic N) is 1. The Kier molecular flexibility index (Phi) is 15.4. The molecule has 0 aromatic carbocycles. The maximum Gasteiger partial charge on any atom is 0.330 e. The van der Waals surface area contributed by atoms with E-state index in [1.807, 2.05) is 0 Å². The molecule has 2 heterocycles. The second kappa shape index (κ2) is 18.2. The minimum Gasteiger partial charge on any atom is -0.393 e. The average Bonchev–Trinajstić information content (AvgIpc) is 3.24. The fourth-order valence-corrected chi connectivity index (χ4v) is 5.08. The first-order valence-corrected chi connectivity index (χ1v) is 15.0. The van der Waals surface area contributed by atoms with Gasteiger partial charge in [-0.15, -0.1) is 0 Å². The molecule has 3 atom stereocenters. The number of rotatable bonds is 20. The Labute approximate surface area is 233 Å². The van der Waals surface area contributed by atoms with Crippen LogP contribution in [0.5, 0.6) is 0 Å². The molecule has 0 saturated carbocycles. The first-order valence-electron chi connectivity index (χ1n) is 15.0. The lowest BCUT2D eigenvalue weighted by Crippen LogP contribution is -2.46. The summed E-state index contributed by atoms with van der Waals surface area (Å²) in [6, 6.07) is 0. The first kappa shape index (κ1) is 33.0. The molecule has 9 nitrogen and oxygen atoms in total. The Morgan fingerprint density at radius 2 is 1.69 bits per heavy atom. The predicted octanol–water partition coefficient (Wildman–Crippen LogP) is 4.40. The molecule has 0 unspecified atom stereocenters. The molecule has 9 heteroatoms. The van der Waals surface area contributed by atoms with Gasteiger partial charge < -0.3 is 20.3 Å². The Morgan fingerprint density at radius 3 is 2.33 bits per heavy atom. The van der Waals surface area contributed by atoms with Gasteiger partial charge in [0.05, 0.1) is 12.7 Å². The van der Waals surface area contributed by atoms with Gasteiger partial charge in [0.25, 0.3) is 5.56 Å². The smallest absolute Gasteiger partial charge is 0.330 e. The molecule has 222 valence electrons. The van der Waals surface area contributed by atoms with Crippen LogP contribution in [-0.4, -0.2) is 50.5 Å². The second-order valence-electron chi connectivity index (χ2n) is 11.0. The van der Waals surface area contributed by atoms with Crippen LogP contribution in [0.3, 0.4) is 0 Å². The van der Waals surface area contributed by atoms with E-state index in [1.165, 1.54) is 68.6 Å². The van der Waals surface area contributed by atoms with Crippen molar-refractivity contribution < 1.29 is 19.7 Å². The third kappa shape index (κ3) is 11.4. The molecular formula is C30H51N3O6. The Bertz CT molecular complexity index is 988. The molecule has 4 N–H and O–H groups in total. The third-order valence-electron chi connectivity index (χ3n) is 7.66. The lowest BCUT2D eigenvalue weighted by atomic mass is 9.93. The molecule has 1 aliphatic rings. The summed E-state index contributed by atoms with van der Waals surface area (Å²) in [5, 5.41) is 23.5. The molecule has 2 rings (SSSR count). The van der Waals surface area contributed by atoms with E-state index in [-0.39, 0.29) is 25.3 Å². The molecule has 0 aliphatic carbocycles. The Hall–Kier alpha value is -2.23. The van der Waals surface area contributed by atoms with E-state index in [1.54, 1.807) is 6.92 Å². The third-order valence-corrected chi connectivity index (χ3v) is 7.66. The van der Waals surface area contributed by atoms with E-state index >= 15 is 0 Å². The van der Waals surface area contributed by atoms with E-state index in [2.05, 4.69) is 29.4 Å². The number of carbonyl (C=O) groups excluding carboxylic acids is 1. The van der Waals surface area contributed by atoms with Gasteiger partial charge in [-0.25, -0.2) is 4.79 Å². The number of aromatic nitrogens is 2. The van der Waals surface area contributed by atoms with Crippen LogP contribution in [0, 0.1) is 6.92 Å². The zero-order valence-corrected chi connectivity index (χ0v) is 24.1. The van der Waals surface area contributed by atoms with Gasteiger partial charge in [0.15, 0.2) is 0 Å². The van der Waals surface area contributed by atoms with Crippen LogP contribution >= 0.6 is 0 Å². The van der Waals surface area contributed by atoms with Gasteiger partial charge >= 0.3 is 5.69 Å². The summed E-state index contributed by atoms with van der Waals surface area (Å²) in [7, 11) is 0. The predicted molar refractivity (Wildman–Crippen MR) is 154 cm³/mol. The number of aliphatic hydroxyl groups excluding tert-OH is 2. The summed E-state index contributed by atoms with van der Waals surface area (Å²) < 4.78 is 7.15. The van der Waals surface area contributed by atoms with E-state index in [9.17, 15) is 24.6 Å². The Morgan fingerprint density at radius 1 is 1.08 bits per heavy atom. The number of aromatic amines is 1. The zero-order valence-electron chi connectivity index (χ0n) is 24.1. The standard InChI is InChI=1S/C30H51N3O6/c1-3-4-5-6-7-8-9-10-11-12-13-14-15-16-17-18-26(36)31-20-19-30(23-34)25(35)21-27(39-30)33-22-24(2)28(37)32-29(33)38/h10-11,22,25,27,34-35H,3-9,12-21,23H2,1-2H3,(H,31,36)(H,32,37,38)/b11-10-/t25-,27+,30+/m0/s1. The maximum absolute atomic E-state index is 12.3. The molecule has 0 spiro atoms. The van der Waals surface area contributed by atoms with Crippen LogP contribution < -0.4 is 16.6 Å². The monoisotopic (exact) mass is 549 g/mol. The lowest BCUT2D eigenvalue weighted by Gasteiger charge is -2.30. The molecule has 39 heavy (non-hydrogen) atoms. The highest BCUT2D eigenvalue weighted by molar-refractivity contribution is 5.75. The summed E-state index contributed by atoms with van der Waals surface area (Å²) in [4.78, 5) is 38.3. The van der Waals surface area contributed by atoms with Crippen molar-refractivity contribution in [1.82, 2.24) is 14.9 Å². The topological polar surface area (TPSA) is 134 Å². The molecule has 1 aromatic heterocycles. The van der Waals surface area contributed by atoms with Gasteiger partial charge in [-0.3, -0.25) is 19.1 Å². The number of nitrogens with one attached hydrogen (secondary N) is 2. The van der Waals surface area contributed by atoms with E-state index in [0.29, 0.717) is 12.0 Å². The number of hydrogen-bond acceptors (Lipinski definition) is 6. The SMILES string of the molecule is CCCCCCCC/C=C\CCCCCCCC(=O)NCC[C@]1(CO)O[C@@H](n2cc(C)c(=O)[nH]c2=O)C[C@@H]1O. The quantitative estimate of drug-likeness (QED) is 0.141. The number of aliphatic hydroxyl groups is 2. The van der Waals surface area contributed by atoms with E-state index in [4.69, 9.17) is 4.74 Å². The van der Waals surface area contributed by atoms with E-state index < -0.39 is 35.8 Å². The van der Waals surface area contributed by atoms with Gasteiger partial charge in [0, 0.05) is 31.1 Å². The van der Waals surface area contributed by atoms with Crippen LogP contribution in [0.15, 0.2) is 27.9 Å². The van der Waals surface area contributed by atoms with Crippen molar-refractivity contribution in [3.63, 3.8) is 0 Å². The molecule has 1 amide bonds. The Balaban J connectivity index is 1.56. The summed E-state index contributed by atoms with van der Waals surface area (Å²) in [6.45, 7) is 3.61. The second-order valence-corrected chi connectivity index (χ2v) is 11.0. The van der Waals surface area contributed by atoms with Crippen LogP contribution in [0.2, 0.25) is 0 Å². The number of aryl methyl sites for hydroxylation is 1. The summed E-state index contributed by atoms with van der Waals surface area (Å²) in [5.74, 6) is -0.0581. The van der Waals surface area contributed by atoms with Crippen molar-refractivity contribution in [2.45, 2.75) is 135 Å². The van der Waals surface area contributed by atoms with Crippen LogP contribution in [-0.2, 0) is 9.53 Å². The fraction of sp³-hybridized carbons (Fsp3) is 0.767. The van der Waals surface area contributed by atoms with Gasteiger partial charge in [0.1, 0.15) is 11.8 Å². The number of allylic oxidation sites excluding steroid dienone is 2. The number of hydrogen-bond donors (Lipinski definition) is 4. The van der Waals surface area contributed by atoms with Crippen molar-refractivity contribution >= 4 is 5.91 Å². The number of carbonyl (C=O) groups is 1. The highest BCUT2D eigenvalue weighted by Gasteiger charge is 2.48. The summed E-state index contributed by atoms with van der Waals surface area (Å²) in [5.41, 5.74) is -2.05. The van der Waals surface area contributed by atoms with Gasteiger partial charge in [-0.1, -0.05) is 70.4 Å². The van der Waals surface area contributed by atoms with Crippen molar-refractivity contribution in [3.8, 4) is 0 Å².